The molecule has 2 aromatic rings. The van der Waals surface area contributed by atoms with Crippen molar-refractivity contribution in [2.24, 2.45) is 0 Å². The zero-order valence-corrected chi connectivity index (χ0v) is 14.2. The van der Waals surface area contributed by atoms with Crippen LogP contribution >= 0.6 is 0 Å². The van der Waals surface area contributed by atoms with Gasteiger partial charge in [-0.25, -0.2) is 0 Å². The first-order valence-electron chi connectivity index (χ1n) is 8.74. The van der Waals surface area contributed by atoms with Gasteiger partial charge < -0.3 is 4.74 Å². The van der Waals surface area contributed by atoms with E-state index in [1.807, 2.05) is 0 Å². The van der Waals surface area contributed by atoms with E-state index in [2.05, 4.69) is 73.3 Å². The summed E-state index contributed by atoms with van der Waals surface area (Å²) in [4.78, 5) is 2.56. The lowest BCUT2D eigenvalue weighted by Gasteiger charge is -2.25. The minimum absolute atomic E-state index is 0.696. The van der Waals surface area contributed by atoms with Crippen molar-refractivity contribution in [2.75, 3.05) is 13.2 Å². The quantitative estimate of drug-likeness (QED) is 0.777. The van der Waals surface area contributed by atoms with Gasteiger partial charge in [0.25, 0.3) is 0 Å². The Morgan fingerprint density at radius 1 is 0.870 bits per heavy atom. The molecule has 0 aliphatic carbocycles. The van der Waals surface area contributed by atoms with Crippen LogP contribution in [0.3, 0.4) is 0 Å². The zero-order chi connectivity index (χ0) is 16.1. The van der Waals surface area contributed by atoms with Crippen LogP contribution in [-0.4, -0.2) is 30.1 Å². The average Bonchev–Trinajstić information content (AvgIpc) is 2.89. The molecule has 0 spiro atoms. The van der Waals surface area contributed by atoms with E-state index in [-0.39, 0.29) is 0 Å². The number of likely N-dealkylation sites (tertiary alicyclic amines) is 1. The van der Waals surface area contributed by atoms with Gasteiger partial charge in [-0.1, -0.05) is 42.5 Å². The Labute approximate surface area is 140 Å². The molecule has 1 fully saturated rings. The van der Waals surface area contributed by atoms with Gasteiger partial charge in [-0.05, 0) is 56.4 Å². The summed E-state index contributed by atoms with van der Waals surface area (Å²) in [5.41, 5.74) is 2.67. The number of benzene rings is 2. The Kier molecular flexibility index (Phi) is 5.35. The molecular formula is C21H27NO. The molecule has 0 bridgehead atoms. The molecule has 2 atom stereocenters. The van der Waals surface area contributed by atoms with Crippen molar-refractivity contribution in [3.05, 3.63) is 65.7 Å². The Morgan fingerprint density at radius 3 is 2.13 bits per heavy atom. The number of rotatable bonds is 6. The fourth-order valence-corrected chi connectivity index (χ4v) is 3.49. The van der Waals surface area contributed by atoms with Crippen molar-refractivity contribution >= 4 is 0 Å². The molecule has 1 heterocycles. The normalized spacial score (nSPS) is 21.5. The molecule has 3 rings (SSSR count). The van der Waals surface area contributed by atoms with Crippen LogP contribution in [0.15, 0.2) is 54.6 Å². The molecule has 1 aliphatic heterocycles. The van der Waals surface area contributed by atoms with E-state index in [4.69, 9.17) is 4.74 Å². The molecule has 122 valence electrons. The maximum atomic E-state index is 5.93. The molecule has 0 amide bonds. The van der Waals surface area contributed by atoms with Gasteiger partial charge in [0.2, 0.25) is 0 Å². The molecule has 2 unspecified atom stereocenters. The highest BCUT2D eigenvalue weighted by atomic mass is 16.5. The molecule has 2 aromatic carbocycles. The van der Waals surface area contributed by atoms with Crippen LogP contribution in [0.2, 0.25) is 0 Å². The smallest absolute Gasteiger partial charge is 0.119 e. The topological polar surface area (TPSA) is 12.5 Å². The van der Waals surface area contributed by atoms with E-state index < -0.39 is 0 Å². The predicted molar refractivity (Wildman–Crippen MR) is 96.0 cm³/mol. The van der Waals surface area contributed by atoms with Crippen LogP contribution in [0.4, 0.5) is 0 Å². The summed E-state index contributed by atoms with van der Waals surface area (Å²) in [6.45, 7) is 6.44. The molecule has 0 N–H and O–H groups in total. The van der Waals surface area contributed by atoms with Gasteiger partial charge in [0, 0.05) is 18.6 Å². The highest BCUT2D eigenvalue weighted by Gasteiger charge is 2.26. The summed E-state index contributed by atoms with van der Waals surface area (Å²) in [5.74, 6) is 0.973. The molecule has 0 saturated carbocycles. The molecule has 0 aromatic heterocycles. The zero-order valence-electron chi connectivity index (χ0n) is 14.2. The monoisotopic (exact) mass is 309 g/mol. The van der Waals surface area contributed by atoms with Gasteiger partial charge in [0.15, 0.2) is 0 Å². The number of nitrogens with zero attached hydrogens (tertiary/aromatic N) is 1. The van der Waals surface area contributed by atoms with Crippen molar-refractivity contribution < 1.29 is 4.74 Å². The SMILES string of the molecule is CC1CCC(C)N1CCOc1ccc(Cc2ccccc2)cc1. The molecule has 23 heavy (non-hydrogen) atoms. The summed E-state index contributed by atoms with van der Waals surface area (Å²) in [6.07, 6.45) is 3.61. The lowest BCUT2D eigenvalue weighted by Crippen LogP contribution is -2.36. The van der Waals surface area contributed by atoms with Crippen LogP contribution in [0, 0.1) is 0 Å². The van der Waals surface area contributed by atoms with Gasteiger partial charge in [-0.15, -0.1) is 0 Å². The molecule has 2 nitrogen and oxygen atoms in total. The number of hydrogen-bond acceptors (Lipinski definition) is 2. The van der Waals surface area contributed by atoms with E-state index in [9.17, 15) is 0 Å². The second-order valence-corrected chi connectivity index (χ2v) is 6.67. The second-order valence-electron chi connectivity index (χ2n) is 6.67. The van der Waals surface area contributed by atoms with Crippen LogP contribution in [-0.2, 0) is 6.42 Å². The van der Waals surface area contributed by atoms with Gasteiger partial charge in [0.05, 0.1) is 0 Å². The van der Waals surface area contributed by atoms with Crippen molar-refractivity contribution in [3.8, 4) is 5.75 Å². The van der Waals surface area contributed by atoms with E-state index in [1.165, 1.54) is 24.0 Å². The van der Waals surface area contributed by atoms with Crippen molar-refractivity contribution in [2.45, 2.75) is 45.2 Å². The summed E-state index contributed by atoms with van der Waals surface area (Å²) in [5, 5.41) is 0. The second kappa shape index (κ2) is 7.65. The largest absolute Gasteiger partial charge is 0.492 e. The highest BCUT2D eigenvalue weighted by Crippen LogP contribution is 2.23. The van der Waals surface area contributed by atoms with Crippen molar-refractivity contribution in [1.82, 2.24) is 4.90 Å². The molecule has 1 saturated heterocycles. The van der Waals surface area contributed by atoms with E-state index >= 15 is 0 Å². The summed E-state index contributed by atoms with van der Waals surface area (Å²) < 4.78 is 5.93. The Bertz CT molecular complexity index is 583. The third-order valence-electron chi connectivity index (χ3n) is 4.93. The average molecular weight is 309 g/mol. The van der Waals surface area contributed by atoms with Crippen LogP contribution < -0.4 is 4.74 Å². The fraction of sp³-hybridized carbons (Fsp3) is 0.429. The summed E-state index contributed by atoms with van der Waals surface area (Å²) in [7, 11) is 0. The first-order valence-corrected chi connectivity index (χ1v) is 8.74. The van der Waals surface area contributed by atoms with Crippen LogP contribution in [0.1, 0.15) is 37.8 Å². The molecule has 2 heteroatoms. The third kappa shape index (κ3) is 4.35. The van der Waals surface area contributed by atoms with Crippen LogP contribution in [0.25, 0.3) is 0 Å². The first kappa shape index (κ1) is 16.1. The third-order valence-corrected chi connectivity index (χ3v) is 4.93. The minimum Gasteiger partial charge on any atom is -0.492 e. The lowest BCUT2D eigenvalue weighted by atomic mass is 10.1. The van der Waals surface area contributed by atoms with Gasteiger partial charge >= 0.3 is 0 Å². The summed E-state index contributed by atoms with van der Waals surface area (Å²) in [6, 6.07) is 20.5. The predicted octanol–water partition coefficient (Wildman–Crippen LogP) is 4.53. The standard InChI is InChI=1S/C21H27NO/c1-17-8-9-18(2)22(17)14-15-23-21-12-10-20(11-13-21)16-19-6-4-3-5-7-19/h3-7,10-13,17-18H,8-9,14-16H2,1-2H3. The molecule has 1 aliphatic rings. The first-order chi connectivity index (χ1) is 11.2. The minimum atomic E-state index is 0.696. The Balaban J connectivity index is 1.48. The van der Waals surface area contributed by atoms with Crippen molar-refractivity contribution in [3.63, 3.8) is 0 Å². The molecular weight excluding hydrogens is 282 g/mol. The summed E-state index contributed by atoms with van der Waals surface area (Å²) >= 11 is 0. The fourth-order valence-electron chi connectivity index (χ4n) is 3.49. The van der Waals surface area contributed by atoms with E-state index in [0.29, 0.717) is 12.1 Å². The maximum absolute atomic E-state index is 5.93. The van der Waals surface area contributed by atoms with Crippen molar-refractivity contribution in [1.29, 1.82) is 0 Å². The van der Waals surface area contributed by atoms with Gasteiger partial charge in [0.1, 0.15) is 12.4 Å². The van der Waals surface area contributed by atoms with Gasteiger partial charge in [-0.2, -0.15) is 0 Å². The van der Waals surface area contributed by atoms with Gasteiger partial charge in [-0.3, -0.25) is 4.90 Å². The number of hydrogen-bond donors (Lipinski definition) is 0. The number of ether oxygens (including phenoxy) is 1. The molecule has 0 radical (unpaired) electrons. The Hall–Kier alpha value is -1.80. The van der Waals surface area contributed by atoms with Crippen LogP contribution in [0.5, 0.6) is 5.75 Å². The maximum Gasteiger partial charge on any atom is 0.119 e. The van der Waals surface area contributed by atoms with E-state index in [1.54, 1.807) is 0 Å². The Morgan fingerprint density at radius 2 is 1.48 bits per heavy atom. The highest BCUT2D eigenvalue weighted by molar-refractivity contribution is 5.31. The van der Waals surface area contributed by atoms with E-state index in [0.717, 1.165) is 25.3 Å². The lowest BCUT2D eigenvalue weighted by molar-refractivity contribution is 0.170.